The van der Waals surface area contributed by atoms with Gasteiger partial charge in [-0.1, -0.05) is 0 Å². The van der Waals surface area contributed by atoms with Gasteiger partial charge in [0.2, 0.25) is 0 Å². The highest BCUT2D eigenvalue weighted by molar-refractivity contribution is 5.74. The Morgan fingerprint density at radius 2 is 1.90 bits per heavy atom. The molecule has 0 radical (unpaired) electrons. The lowest BCUT2D eigenvalue weighted by atomic mass is 10.2. The summed E-state index contributed by atoms with van der Waals surface area (Å²) in [6.45, 7) is 3.26. The third kappa shape index (κ3) is 5.68. The molecule has 0 bridgehead atoms. The zero-order valence-corrected chi connectivity index (χ0v) is 11.7. The van der Waals surface area contributed by atoms with Crippen LogP contribution in [0.3, 0.4) is 0 Å². The summed E-state index contributed by atoms with van der Waals surface area (Å²) in [5, 5.41) is 1.89. The number of halogens is 3. The summed E-state index contributed by atoms with van der Waals surface area (Å²) in [6.07, 6.45) is -4.57. The summed E-state index contributed by atoms with van der Waals surface area (Å²) in [4.78, 5) is 15.3. The summed E-state index contributed by atoms with van der Waals surface area (Å²) in [7, 11) is 0. The molecule has 0 saturated carbocycles. The molecule has 1 unspecified atom stereocenters. The second-order valence-electron chi connectivity index (χ2n) is 5.13. The van der Waals surface area contributed by atoms with Gasteiger partial charge in [0.25, 0.3) is 0 Å². The molecule has 2 heterocycles. The predicted molar refractivity (Wildman–Crippen MR) is 68.0 cm³/mol. The van der Waals surface area contributed by atoms with Crippen LogP contribution in [0.1, 0.15) is 0 Å². The minimum absolute atomic E-state index is 0.173. The van der Waals surface area contributed by atoms with Gasteiger partial charge in [-0.2, -0.15) is 13.2 Å². The number of morpholine rings is 2. The molecular weight excluding hydrogens is 291 g/mol. The standard InChI is InChI=1S/C12H20F3N3O3/c13-12(14,15)9-16-11(19)18-3-6-21-10(8-18)7-17-1-4-20-5-2-17/h10H,1-9H2,(H,16,19). The summed E-state index contributed by atoms with van der Waals surface area (Å²) in [6, 6.07) is -0.692. The van der Waals surface area contributed by atoms with Crippen molar-refractivity contribution >= 4 is 6.03 Å². The van der Waals surface area contributed by atoms with Gasteiger partial charge in [0.15, 0.2) is 0 Å². The molecule has 2 fully saturated rings. The van der Waals surface area contributed by atoms with E-state index in [0.29, 0.717) is 39.5 Å². The van der Waals surface area contributed by atoms with E-state index in [-0.39, 0.29) is 6.10 Å². The Bertz CT molecular complexity index is 348. The number of ether oxygens (including phenoxy) is 2. The molecule has 9 heteroatoms. The largest absolute Gasteiger partial charge is 0.405 e. The third-order valence-corrected chi connectivity index (χ3v) is 3.43. The van der Waals surface area contributed by atoms with Crippen LogP contribution in [0.2, 0.25) is 0 Å². The normalized spacial score (nSPS) is 24.9. The molecule has 2 saturated heterocycles. The summed E-state index contributed by atoms with van der Waals surface area (Å²) < 4.78 is 47.1. The van der Waals surface area contributed by atoms with Crippen molar-refractivity contribution in [1.29, 1.82) is 0 Å². The molecule has 2 rings (SSSR count). The van der Waals surface area contributed by atoms with Gasteiger partial charge < -0.3 is 19.7 Å². The van der Waals surface area contributed by atoms with Gasteiger partial charge >= 0.3 is 12.2 Å². The fraction of sp³-hybridized carbons (Fsp3) is 0.917. The Morgan fingerprint density at radius 3 is 2.57 bits per heavy atom. The maximum absolute atomic E-state index is 12.1. The van der Waals surface area contributed by atoms with Crippen LogP contribution in [0.25, 0.3) is 0 Å². The lowest BCUT2D eigenvalue weighted by Crippen LogP contribution is -2.54. The summed E-state index contributed by atoms with van der Waals surface area (Å²) in [5.74, 6) is 0. The first-order chi connectivity index (χ1) is 9.94. The van der Waals surface area contributed by atoms with Gasteiger partial charge in [0, 0.05) is 32.7 Å². The van der Waals surface area contributed by atoms with Crippen molar-refractivity contribution in [2.75, 3.05) is 59.1 Å². The molecule has 2 aliphatic heterocycles. The summed E-state index contributed by atoms with van der Waals surface area (Å²) >= 11 is 0. The van der Waals surface area contributed by atoms with Gasteiger partial charge in [0.1, 0.15) is 6.54 Å². The van der Waals surface area contributed by atoms with E-state index in [2.05, 4.69) is 4.90 Å². The molecule has 21 heavy (non-hydrogen) atoms. The average Bonchev–Trinajstić information content (AvgIpc) is 2.45. The zero-order valence-electron chi connectivity index (χ0n) is 11.7. The Kier molecular flexibility index (Phi) is 5.65. The minimum Gasteiger partial charge on any atom is -0.379 e. The zero-order chi connectivity index (χ0) is 15.3. The topological polar surface area (TPSA) is 54.0 Å². The molecule has 2 aliphatic rings. The molecule has 6 nitrogen and oxygen atoms in total. The number of nitrogens with zero attached hydrogens (tertiary/aromatic N) is 2. The lowest BCUT2D eigenvalue weighted by molar-refractivity contribution is -0.123. The van der Waals surface area contributed by atoms with Crippen LogP contribution < -0.4 is 5.32 Å². The van der Waals surface area contributed by atoms with Gasteiger partial charge in [-0.05, 0) is 0 Å². The van der Waals surface area contributed by atoms with Crippen LogP contribution in [-0.2, 0) is 9.47 Å². The van der Waals surface area contributed by atoms with E-state index in [4.69, 9.17) is 9.47 Å². The fourth-order valence-electron chi connectivity index (χ4n) is 2.37. The van der Waals surface area contributed by atoms with E-state index in [9.17, 15) is 18.0 Å². The molecule has 0 aromatic carbocycles. The summed E-state index contributed by atoms with van der Waals surface area (Å²) in [5.41, 5.74) is 0. The van der Waals surface area contributed by atoms with Crippen LogP contribution >= 0.6 is 0 Å². The number of urea groups is 1. The quantitative estimate of drug-likeness (QED) is 0.814. The van der Waals surface area contributed by atoms with Crippen molar-refractivity contribution in [3.05, 3.63) is 0 Å². The van der Waals surface area contributed by atoms with Crippen molar-refractivity contribution in [2.24, 2.45) is 0 Å². The van der Waals surface area contributed by atoms with Crippen molar-refractivity contribution in [1.82, 2.24) is 15.1 Å². The second-order valence-corrected chi connectivity index (χ2v) is 5.13. The van der Waals surface area contributed by atoms with Crippen molar-refractivity contribution < 1.29 is 27.4 Å². The van der Waals surface area contributed by atoms with Crippen molar-refractivity contribution in [3.63, 3.8) is 0 Å². The molecular formula is C12H20F3N3O3. The SMILES string of the molecule is O=C(NCC(F)(F)F)N1CCOC(CN2CCOCC2)C1. The van der Waals surface area contributed by atoms with Crippen LogP contribution in [0.15, 0.2) is 0 Å². The first kappa shape index (κ1) is 16.3. The number of amides is 2. The molecule has 0 aromatic heterocycles. The van der Waals surface area contributed by atoms with Gasteiger partial charge in [0.05, 0.1) is 25.9 Å². The molecule has 1 atom stereocenters. The van der Waals surface area contributed by atoms with E-state index in [1.807, 2.05) is 5.32 Å². The maximum atomic E-state index is 12.1. The Balaban J connectivity index is 1.75. The van der Waals surface area contributed by atoms with Gasteiger partial charge in [-0.3, -0.25) is 4.90 Å². The molecule has 0 aliphatic carbocycles. The lowest BCUT2D eigenvalue weighted by Gasteiger charge is -2.36. The monoisotopic (exact) mass is 311 g/mol. The number of hydrogen-bond acceptors (Lipinski definition) is 4. The van der Waals surface area contributed by atoms with E-state index >= 15 is 0 Å². The number of hydrogen-bond donors (Lipinski definition) is 1. The van der Waals surface area contributed by atoms with Gasteiger partial charge in [-0.15, -0.1) is 0 Å². The molecule has 122 valence electrons. The second kappa shape index (κ2) is 7.28. The fourth-order valence-corrected chi connectivity index (χ4v) is 2.37. The molecule has 0 aromatic rings. The Morgan fingerprint density at radius 1 is 1.19 bits per heavy atom. The number of carbonyl (C=O) groups is 1. The van der Waals surface area contributed by atoms with Gasteiger partial charge in [-0.25, -0.2) is 4.79 Å². The number of rotatable bonds is 3. The number of nitrogens with one attached hydrogen (secondary N) is 1. The third-order valence-electron chi connectivity index (χ3n) is 3.43. The highest BCUT2D eigenvalue weighted by Crippen LogP contribution is 2.13. The van der Waals surface area contributed by atoms with Crippen molar-refractivity contribution in [3.8, 4) is 0 Å². The van der Waals surface area contributed by atoms with E-state index in [0.717, 1.165) is 13.1 Å². The maximum Gasteiger partial charge on any atom is 0.405 e. The minimum atomic E-state index is -4.39. The number of carbonyl (C=O) groups excluding carboxylic acids is 1. The van der Waals surface area contributed by atoms with Crippen LogP contribution in [0.5, 0.6) is 0 Å². The first-order valence-corrected chi connectivity index (χ1v) is 6.95. The van der Waals surface area contributed by atoms with Crippen LogP contribution in [-0.4, -0.2) is 87.2 Å². The van der Waals surface area contributed by atoms with Crippen LogP contribution in [0, 0.1) is 0 Å². The first-order valence-electron chi connectivity index (χ1n) is 6.95. The van der Waals surface area contributed by atoms with Crippen molar-refractivity contribution in [2.45, 2.75) is 12.3 Å². The smallest absolute Gasteiger partial charge is 0.379 e. The highest BCUT2D eigenvalue weighted by Gasteiger charge is 2.31. The predicted octanol–water partition coefficient (Wildman–Crippen LogP) is 0.291. The molecule has 0 spiro atoms. The van der Waals surface area contributed by atoms with E-state index in [1.54, 1.807) is 0 Å². The highest BCUT2D eigenvalue weighted by atomic mass is 19.4. The molecule has 1 N–H and O–H groups in total. The van der Waals surface area contributed by atoms with Crippen LogP contribution in [0.4, 0.5) is 18.0 Å². The molecule has 2 amide bonds. The van der Waals surface area contributed by atoms with E-state index in [1.165, 1.54) is 4.90 Å². The number of alkyl halides is 3. The Labute approximate surface area is 121 Å². The Hall–Kier alpha value is -1.06. The average molecular weight is 311 g/mol. The van der Waals surface area contributed by atoms with E-state index < -0.39 is 18.8 Å².